The van der Waals surface area contributed by atoms with Gasteiger partial charge in [0.1, 0.15) is 24.3 Å². The van der Waals surface area contributed by atoms with E-state index in [2.05, 4.69) is 21.7 Å². The molecule has 1 unspecified atom stereocenters. The summed E-state index contributed by atoms with van der Waals surface area (Å²) in [5.74, 6) is 0.226. The minimum Gasteiger partial charge on any atom is -0.474 e. The average molecular weight is 340 g/mol. The van der Waals surface area contributed by atoms with Gasteiger partial charge in [-0.3, -0.25) is 0 Å². The van der Waals surface area contributed by atoms with Crippen LogP contribution < -0.4 is 15.4 Å². The van der Waals surface area contributed by atoms with E-state index in [0.29, 0.717) is 24.3 Å². The molecule has 0 saturated heterocycles. The van der Waals surface area contributed by atoms with Crippen molar-refractivity contribution in [1.82, 2.24) is 10.3 Å². The second-order valence-electron chi connectivity index (χ2n) is 6.02. The lowest BCUT2D eigenvalue weighted by atomic mass is 10.2. The van der Waals surface area contributed by atoms with Crippen LogP contribution in [0, 0.1) is 11.3 Å². The molecule has 0 aliphatic rings. The van der Waals surface area contributed by atoms with Gasteiger partial charge in [0, 0.05) is 25.3 Å². The zero-order chi connectivity index (χ0) is 18.1. The Morgan fingerprint density at radius 1 is 1.24 bits per heavy atom. The number of hydrogen-bond acceptors (Lipinski definition) is 6. The van der Waals surface area contributed by atoms with Crippen LogP contribution in [0.3, 0.4) is 0 Å². The van der Waals surface area contributed by atoms with Crippen molar-refractivity contribution in [3.05, 3.63) is 53.7 Å². The highest BCUT2D eigenvalue weighted by Crippen LogP contribution is 2.23. The molecule has 0 aliphatic carbocycles. The van der Waals surface area contributed by atoms with Gasteiger partial charge in [-0.15, -0.1) is 0 Å². The number of nitrogens with zero attached hydrogens (tertiary/aromatic N) is 2. The minimum absolute atomic E-state index is 0.0730. The number of pyridine rings is 1. The van der Waals surface area contributed by atoms with Crippen molar-refractivity contribution in [2.24, 2.45) is 0 Å². The molecule has 1 aromatic carbocycles. The van der Waals surface area contributed by atoms with Gasteiger partial charge >= 0.3 is 0 Å². The molecule has 0 fully saturated rings. The number of aromatic nitrogens is 1. The summed E-state index contributed by atoms with van der Waals surface area (Å²) in [6.07, 6.45) is 0.916. The molecule has 132 valence electrons. The first kappa shape index (κ1) is 18.7. The molecule has 0 bridgehead atoms. The molecule has 0 radical (unpaired) electrons. The minimum atomic E-state index is -0.670. The third-order valence-corrected chi connectivity index (χ3v) is 3.53. The van der Waals surface area contributed by atoms with Crippen molar-refractivity contribution in [2.75, 3.05) is 18.5 Å². The smallest absolute Gasteiger partial charge is 0.233 e. The van der Waals surface area contributed by atoms with Crippen LogP contribution in [0.15, 0.2) is 42.6 Å². The Balaban J connectivity index is 1.98. The molecule has 0 saturated carbocycles. The first-order valence-electron chi connectivity index (χ1n) is 8.31. The van der Waals surface area contributed by atoms with Crippen molar-refractivity contribution in [3.63, 3.8) is 0 Å². The number of nitriles is 1. The van der Waals surface area contributed by atoms with Crippen molar-refractivity contribution in [2.45, 2.75) is 32.5 Å². The molecular weight excluding hydrogens is 316 g/mol. The van der Waals surface area contributed by atoms with E-state index in [1.54, 1.807) is 12.3 Å². The van der Waals surface area contributed by atoms with Gasteiger partial charge in [-0.2, -0.15) is 5.26 Å². The van der Waals surface area contributed by atoms with E-state index in [0.717, 1.165) is 5.56 Å². The van der Waals surface area contributed by atoms with Crippen molar-refractivity contribution in [1.29, 1.82) is 5.26 Å². The summed E-state index contributed by atoms with van der Waals surface area (Å²) in [5, 5.41) is 25.7. The van der Waals surface area contributed by atoms with Crippen LogP contribution in [0.5, 0.6) is 5.88 Å². The number of nitrogens with one attached hydrogen (secondary N) is 2. The molecule has 1 aromatic heterocycles. The van der Waals surface area contributed by atoms with Crippen LogP contribution in [0.2, 0.25) is 0 Å². The molecule has 2 rings (SSSR count). The van der Waals surface area contributed by atoms with Gasteiger partial charge in [0.05, 0.1) is 5.69 Å². The molecule has 1 heterocycles. The molecule has 2 aromatic rings. The van der Waals surface area contributed by atoms with Crippen LogP contribution in [-0.2, 0) is 6.54 Å². The fraction of sp³-hybridized carbons (Fsp3) is 0.368. The number of aliphatic hydroxyl groups is 1. The first-order valence-corrected chi connectivity index (χ1v) is 8.31. The van der Waals surface area contributed by atoms with E-state index < -0.39 is 6.10 Å². The summed E-state index contributed by atoms with van der Waals surface area (Å²) in [7, 11) is 0. The van der Waals surface area contributed by atoms with E-state index in [4.69, 9.17) is 4.74 Å². The van der Waals surface area contributed by atoms with Gasteiger partial charge in [-0.05, 0) is 11.6 Å². The first-order chi connectivity index (χ1) is 12.1. The topological polar surface area (TPSA) is 90.2 Å². The zero-order valence-electron chi connectivity index (χ0n) is 14.6. The highest BCUT2D eigenvalue weighted by atomic mass is 16.5. The maximum atomic E-state index is 9.93. The quantitative estimate of drug-likeness (QED) is 0.649. The molecule has 1 atom stereocenters. The van der Waals surface area contributed by atoms with E-state index in [1.807, 2.05) is 44.2 Å². The van der Waals surface area contributed by atoms with Crippen LogP contribution in [-0.4, -0.2) is 35.4 Å². The van der Waals surface area contributed by atoms with E-state index >= 15 is 0 Å². The second kappa shape index (κ2) is 9.62. The molecule has 0 amide bonds. The standard InChI is InChI=1S/C19H24N4O2/c1-14(2)22-12-16(24)13-25-19-17(10-20)18(8-9-21-19)23-11-15-6-4-3-5-7-15/h3-9,14,16,22,24H,11-13H2,1-2H3,(H,21,23). The lowest BCUT2D eigenvalue weighted by molar-refractivity contribution is 0.102. The summed E-state index contributed by atoms with van der Waals surface area (Å²) in [4.78, 5) is 4.12. The summed E-state index contributed by atoms with van der Waals surface area (Å²) >= 11 is 0. The Hall–Kier alpha value is -2.62. The molecule has 0 spiro atoms. The lowest BCUT2D eigenvalue weighted by Crippen LogP contribution is -2.35. The number of rotatable bonds is 9. The number of ether oxygens (including phenoxy) is 1. The van der Waals surface area contributed by atoms with Crippen molar-refractivity contribution < 1.29 is 9.84 Å². The number of anilines is 1. The van der Waals surface area contributed by atoms with Crippen LogP contribution >= 0.6 is 0 Å². The SMILES string of the molecule is CC(C)NCC(O)COc1nccc(NCc2ccccc2)c1C#N. The number of benzene rings is 1. The van der Waals surface area contributed by atoms with Crippen molar-refractivity contribution >= 4 is 5.69 Å². The largest absolute Gasteiger partial charge is 0.474 e. The van der Waals surface area contributed by atoms with E-state index in [-0.39, 0.29) is 18.5 Å². The summed E-state index contributed by atoms with van der Waals surface area (Å²) < 4.78 is 5.55. The fourth-order valence-electron chi connectivity index (χ4n) is 2.21. The predicted octanol–water partition coefficient (Wildman–Crippen LogP) is 2.30. The zero-order valence-corrected chi connectivity index (χ0v) is 14.6. The van der Waals surface area contributed by atoms with Crippen LogP contribution in [0.4, 0.5) is 5.69 Å². The third kappa shape index (κ3) is 6.07. The Morgan fingerprint density at radius 3 is 2.68 bits per heavy atom. The number of aliphatic hydroxyl groups excluding tert-OH is 1. The Morgan fingerprint density at radius 2 is 2.00 bits per heavy atom. The predicted molar refractivity (Wildman–Crippen MR) is 97.4 cm³/mol. The van der Waals surface area contributed by atoms with Gasteiger partial charge in [0.15, 0.2) is 0 Å². The van der Waals surface area contributed by atoms with Gasteiger partial charge in [-0.25, -0.2) is 4.98 Å². The Labute approximate surface area is 148 Å². The van der Waals surface area contributed by atoms with Gasteiger partial charge in [-0.1, -0.05) is 44.2 Å². The molecule has 25 heavy (non-hydrogen) atoms. The monoisotopic (exact) mass is 340 g/mol. The number of hydrogen-bond donors (Lipinski definition) is 3. The molecule has 3 N–H and O–H groups in total. The fourth-order valence-corrected chi connectivity index (χ4v) is 2.21. The summed E-state index contributed by atoms with van der Waals surface area (Å²) in [6.45, 7) is 5.10. The molecular formula is C19H24N4O2. The Bertz CT molecular complexity index is 698. The third-order valence-electron chi connectivity index (χ3n) is 3.53. The summed E-state index contributed by atoms with van der Waals surface area (Å²) in [5.41, 5.74) is 2.11. The second-order valence-corrected chi connectivity index (χ2v) is 6.02. The van der Waals surface area contributed by atoms with Gasteiger partial charge in [0.2, 0.25) is 5.88 Å². The van der Waals surface area contributed by atoms with Crippen LogP contribution in [0.25, 0.3) is 0 Å². The normalized spacial score (nSPS) is 11.8. The van der Waals surface area contributed by atoms with Crippen LogP contribution in [0.1, 0.15) is 25.0 Å². The van der Waals surface area contributed by atoms with Gasteiger partial charge in [0.25, 0.3) is 0 Å². The van der Waals surface area contributed by atoms with E-state index in [1.165, 1.54) is 0 Å². The Kier molecular flexibility index (Phi) is 7.20. The maximum absolute atomic E-state index is 9.93. The highest BCUT2D eigenvalue weighted by Gasteiger charge is 2.13. The highest BCUT2D eigenvalue weighted by molar-refractivity contribution is 5.61. The van der Waals surface area contributed by atoms with Gasteiger partial charge < -0.3 is 20.5 Å². The van der Waals surface area contributed by atoms with Crippen molar-refractivity contribution in [3.8, 4) is 11.9 Å². The van der Waals surface area contributed by atoms with E-state index in [9.17, 15) is 10.4 Å². The summed E-state index contributed by atoms with van der Waals surface area (Å²) in [6, 6.07) is 14.1. The average Bonchev–Trinajstić information content (AvgIpc) is 2.63. The molecule has 6 heteroatoms. The molecule has 0 aliphatic heterocycles. The molecule has 6 nitrogen and oxygen atoms in total. The maximum Gasteiger partial charge on any atom is 0.233 e. The lowest BCUT2D eigenvalue weighted by Gasteiger charge is -2.16.